The zero-order valence-electron chi connectivity index (χ0n) is 9.83. The summed E-state index contributed by atoms with van der Waals surface area (Å²) in [7, 11) is -3.29. The zero-order chi connectivity index (χ0) is 13.2. The maximum absolute atomic E-state index is 12.1. The number of sulfone groups is 1. The van der Waals surface area contributed by atoms with Crippen molar-refractivity contribution in [1.29, 1.82) is 0 Å². The Morgan fingerprint density at radius 3 is 2.11 bits per heavy atom. The molecule has 0 saturated heterocycles. The first kappa shape index (κ1) is 12.5. The van der Waals surface area contributed by atoms with Gasteiger partial charge in [0.05, 0.1) is 4.90 Å². The fraction of sp³-hybridized carbons (Fsp3) is 0.0714. The molecule has 0 spiro atoms. The third kappa shape index (κ3) is 2.65. The topological polar surface area (TPSA) is 51.2 Å². The molecule has 18 heavy (non-hydrogen) atoms. The van der Waals surface area contributed by atoms with E-state index in [4.69, 9.17) is 0 Å². The SMILES string of the molecule is CS(=O)(=O)c1cccc(C(=O)c2ccccc2)c1. The third-order valence-electron chi connectivity index (χ3n) is 2.56. The lowest BCUT2D eigenvalue weighted by molar-refractivity contribution is 0.103. The number of hydrogen-bond donors (Lipinski definition) is 0. The van der Waals surface area contributed by atoms with E-state index in [1.165, 1.54) is 12.1 Å². The molecule has 0 radical (unpaired) electrons. The molecule has 0 atom stereocenters. The first-order chi connectivity index (χ1) is 8.48. The number of benzene rings is 2. The van der Waals surface area contributed by atoms with Crippen LogP contribution in [0.5, 0.6) is 0 Å². The predicted octanol–water partition coefficient (Wildman–Crippen LogP) is 2.32. The minimum atomic E-state index is -3.29. The van der Waals surface area contributed by atoms with Crippen LogP contribution < -0.4 is 0 Å². The Bertz CT molecular complexity index is 673. The summed E-state index contributed by atoms with van der Waals surface area (Å²) in [5.74, 6) is -0.180. The van der Waals surface area contributed by atoms with Crippen molar-refractivity contribution in [1.82, 2.24) is 0 Å². The Labute approximate surface area is 106 Å². The molecule has 0 N–H and O–H groups in total. The van der Waals surface area contributed by atoms with Gasteiger partial charge in [-0.15, -0.1) is 0 Å². The summed E-state index contributed by atoms with van der Waals surface area (Å²) in [4.78, 5) is 12.3. The van der Waals surface area contributed by atoms with E-state index in [2.05, 4.69) is 0 Å². The van der Waals surface area contributed by atoms with Crippen molar-refractivity contribution >= 4 is 15.6 Å². The molecule has 0 fully saturated rings. The van der Waals surface area contributed by atoms with Crippen molar-refractivity contribution in [3.05, 3.63) is 65.7 Å². The first-order valence-electron chi connectivity index (χ1n) is 5.38. The Hall–Kier alpha value is -1.94. The Balaban J connectivity index is 2.44. The normalized spacial score (nSPS) is 11.2. The van der Waals surface area contributed by atoms with Crippen molar-refractivity contribution in [3.63, 3.8) is 0 Å². The molecule has 0 unspecified atom stereocenters. The molecule has 0 saturated carbocycles. The zero-order valence-corrected chi connectivity index (χ0v) is 10.6. The van der Waals surface area contributed by atoms with Gasteiger partial charge in [-0.2, -0.15) is 0 Å². The van der Waals surface area contributed by atoms with Gasteiger partial charge in [0.1, 0.15) is 0 Å². The summed E-state index contributed by atoms with van der Waals surface area (Å²) >= 11 is 0. The quantitative estimate of drug-likeness (QED) is 0.796. The lowest BCUT2D eigenvalue weighted by Gasteiger charge is -2.03. The fourth-order valence-corrected chi connectivity index (χ4v) is 2.29. The average Bonchev–Trinajstić information content (AvgIpc) is 2.38. The molecular weight excluding hydrogens is 248 g/mol. The number of hydrogen-bond acceptors (Lipinski definition) is 3. The van der Waals surface area contributed by atoms with Gasteiger partial charge >= 0.3 is 0 Å². The van der Waals surface area contributed by atoms with E-state index in [1.54, 1.807) is 36.4 Å². The number of carbonyl (C=O) groups excluding carboxylic acids is 1. The molecule has 0 amide bonds. The van der Waals surface area contributed by atoms with E-state index in [-0.39, 0.29) is 10.7 Å². The van der Waals surface area contributed by atoms with Crippen LogP contribution in [0.2, 0.25) is 0 Å². The summed E-state index contributed by atoms with van der Waals surface area (Å²) in [6, 6.07) is 14.9. The molecule has 4 heteroatoms. The van der Waals surface area contributed by atoms with Crippen LogP contribution >= 0.6 is 0 Å². The molecule has 0 aliphatic heterocycles. The maximum atomic E-state index is 12.1. The molecule has 0 aliphatic carbocycles. The number of ketones is 1. The summed E-state index contributed by atoms with van der Waals surface area (Å²) in [6.45, 7) is 0. The number of carbonyl (C=O) groups is 1. The third-order valence-corrected chi connectivity index (χ3v) is 3.67. The molecule has 0 aromatic heterocycles. The molecule has 0 aliphatic rings. The van der Waals surface area contributed by atoms with Gasteiger partial charge in [-0.3, -0.25) is 4.79 Å². The van der Waals surface area contributed by atoms with Crippen LogP contribution in [0.15, 0.2) is 59.5 Å². The smallest absolute Gasteiger partial charge is 0.193 e. The summed E-state index contributed by atoms with van der Waals surface area (Å²) in [6.07, 6.45) is 1.12. The molecule has 2 rings (SSSR count). The van der Waals surface area contributed by atoms with Gasteiger partial charge in [0.2, 0.25) is 0 Å². The van der Waals surface area contributed by atoms with E-state index in [0.717, 1.165) is 6.26 Å². The van der Waals surface area contributed by atoms with Gasteiger partial charge in [-0.1, -0.05) is 42.5 Å². The van der Waals surface area contributed by atoms with Crippen LogP contribution in [0, 0.1) is 0 Å². The Morgan fingerprint density at radius 2 is 1.50 bits per heavy atom. The number of rotatable bonds is 3. The van der Waals surface area contributed by atoms with Gasteiger partial charge < -0.3 is 0 Å². The summed E-state index contributed by atoms with van der Waals surface area (Å²) in [5.41, 5.74) is 0.923. The minimum Gasteiger partial charge on any atom is -0.289 e. The summed E-state index contributed by atoms with van der Waals surface area (Å²) < 4.78 is 22.9. The monoisotopic (exact) mass is 260 g/mol. The average molecular weight is 260 g/mol. The van der Waals surface area contributed by atoms with E-state index < -0.39 is 9.84 Å². The molecule has 0 heterocycles. The molecule has 2 aromatic rings. The van der Waals surface area contributed by atoms with Crippen molar-refractivity contribution in [2.45, 2.75) is 4.90 Å². The van der Waals surface area contributed by atoms with Crippen LogP contribution in [0.3, 0.4) is 0 Å². The van der Waals surface area contributed by atoms with Gasteiger partial charge in [-0.25, -0.2) is 8.42 Å². The second-order valence-corrected chi connectivity index (χ2v) is 6.01. The second-order valence-electron chi connectivity index (χ2n) is 4.00. The van der Waals surface area contributed by atoms with Crippen LogP contribution in [0.25, 0.3) is 0 Å². The Kier molecular flexibility index (Phi) is 3.30. The van der Waals surface area contributed by atoms with Gasteiger partial charge in [0.25, 0.3) is 0 Å². The van der Waals surface area contributed by atoms with E-state index in [9.17, 15) is 13.2 Å². The molecule has 2 aromatic carbocycles. The van der Waals surface area contributed by atoms with Crippen molar-refractivity contribution in [2.24, 2.45) is 0 Å². The first-order valence-corrected chi connectivity index (χ1v) is 7.27. The molecule has 92 valence electrons. The molecule has 0 bridgehead atoms. The fourth-order valence-electron chi connectivity index (χ4n) is 1.62. The second kappa shape index (κ2) is 4.74. The van der Waals surface area contributed by atoms with E-state index in [1.807, 2.05) is 6.07 Å². The van der Waals surface area contributed by atoms with Crippen LogP contribution in [-0.4, -0.2) is 20.5 Å². The van der Waals surface area contributed by atoms with Crippen LogP contribution in [-0.2, 0) is 9.84 Å². The van der Waals surface area contributed by atoms with Gasteiger partial charge in [0.15, 0.2) is 15.6 Å². The van der Waals surface area contributed by atoms with E-state index >= 15 is 0 Å². The van der Waals surface area contributed by atoms with Crippen molar-refractivity contribution in [3.8, 4) is 0 Å². The highest BCUT2D eigenvalue weighted by Gasteiger charge is 2.12. The maximum Gasteiger partial charge on any atom is 0.193 e. The lowest BCUT2D eigenvalue weighted by Crippen LogP contribution is -2.04. The van der Waals surface area contributed by atoms with Crippen LogP contribution in [0.4, 0.5) is 0 Å². The largest absolute Gasteiger partial charge is 0.289 e. The highest BCUT2D eigenvalue weighted by molar-refractivity contribution is 7.90. The minimum absolute atomic E-state index is 0.157. The predicted molar refractivity (Wildman–Crippen MR) is 69.4 cm³/mol. The van der Waals surface area contributed by atoms with Gasteiger partial charge in [0, 0.05) is 17.4 Å². The Morgan fingerprint density at radius 1 is 0.889 bits per heavy atom. The van der Waals surface area contributed by atoms with Crippen molar-refractivity contribution < 1.29 is 13.2 Å². The van der Waals surface area contributed by atoms with E-state index in [0.29, 0.717) is 11.1 Å². The van der Waals surface area contributed by atoms with Crippen LogP contribution in [0.1, 0.15) is 15.9 Å². The standard InChI is InChI=1S/C14H12O3S/c1-18(16,17)13-9-5-8-12(10-13)14(15)11-6-3-2-4-7-11/h2-10H,1H3. The lowest BCUT2D eigenvalue weighted by atomic mass is 10.0. The molecule has 3 nitrogen and oxygen atoms in total. The van der Waals surface area contributed by atoms with Crippen molar-refractivity contribution in [2.75, 3.05) is 6.26 Å². The highest BCUT2D eigenvalue weighted by atomic mass is 32.2. The molecular formula is C14H12O3S. The highest BCUT2D eigenvalue weighted by Crippen LogP contribution is 2.15. The van der Waals surface area contributed by atoms with Gasteiger partial charge in [-0.05, 0) is 12.1 Å². The summed E-state index contributed by atoms with van der Waals surface area (Å²) in [5, 5.41) is 0.